The Bertz CT molecular complexity index is 407. The van der Waals surface area contributed by atoms with E-state index in [1.807, 2.05) is 0 Å². The van der Waals surface area contributed by atoms with Gasteiger partial charge in [0.05, 0.1) is 0 Å². The van der Waals surface area contributed by atoms with Crippen molar-refractivity contribution in [3.63, 3.8) is 0 Å². The molecule has 1 aliphatic carbocycles. The van der Waals surface area contributed by atoms with Crippen LogP contribution in [0.15, 0.2) is 22.7 Å². The van der Waals surface area contributed by atoms with Crippen molar-refractivity contribution < 1.29 is 0 Å². The van der Waals surface area contributed by atoms with Crippen molar-refractivity contribution in [3.8, 4) is 0 Å². The molecule has 0 amide bonds. The van der Waals surface area contributed by atoms with Gasteiger partial charge in [-0.1, -0.05) is 35.0 Å². The average molecular weight is 280 g/mol. The first-order valence-corrected chi connectivity index (χ1v) is 7.02. The molecule has 16 heavy (non-hydrogen) atoms. The van der Waals surface area contributed by atoms with Gasteiger partial charge >= 0.3 is 0 Å². The summed E-state index contributed by atoms with van der Waals surface area (Å²) >= 11 is 3.76. The second-order valence-corrected chi connectivity index (χ2v) is 6.19. The summed E-state index contributed by atoms with van der Waals surface area (Å²) in [6.07, 6.45) is 3.94. The molecule has 86 valence electrons. The lowest BCUT2D eigenvalue weighted by Crippen LogP contribution is -2.38. The Morgan fingerprint density at radius 3 is 2.81 bits per heavy atom. The minimum atomic E-state index is 0.458. The average Bonchev–Trinajstić information content (AvgIpc) is 2.55. The number of hydrogen-bond donors (Lipinski definition) is 1. The summed E-state index contributed by atoms with van der Waals surface area (Å²) in [4.78, 5) is 0. The first-order chi connectivity index (χ1) is 7.73. The van der Waals surface area contributed by atoms with E-state index in [9.17, 15) is 0 Å². The molecule has 1 aliphatic heterocycles. The first-order valence-electron chi connectivity index (χ1n) is 6.23. The Labute approximate surface area is 106 Å². The van der Waals surface area contributed by atoms with Crippen LogP contribution in [0.25, 0.3) is 0 Å². The Hall–Kier alpha value is -0.340. The van der Waals surface area contributed by atoms with Gasteiger partial charge in [0.15, 0.2) is 0 Å². The highest BCUT2D eigenvalue weighted by atomic mass is 79.9. The number of benzene rings is 1. The molecule has 1 atom stereocenters. The van der Waals surface area contributed by atoms with Crippen LogP contribution >= 0.6 is 15.9 Å². The summed E-state index contributed by atoms with van der Waals surface area (Å²) in [5.41, 5.74) is 3.65. The minimum absolute atomic E-state index is 0.458. The highest BCUT2D eigenvalue weighted by molar-refractivity contribution is 9.10. The summed E-state index contributed by atoms with van der Waals surface area (Å²) in [6, 6.07) is 6.71. The molecule has 0 saturated carbocycles. The monoisotopic (exact) mass is 279 g/mol. The predicted molar refractivity (Wildman–Crippen MR) is 71.0 cm³/mol. The lowest BCUT2D eigenvalue weighted by atomic mass is 9.74. The maximum Gasteiger partial charge on any atom is 0.0215 e. The number of halogens is 1. The van der Waals surface area contributed by atoms with Crippen molar-refractivity contribution in [2.24, 2.45) is 0 Å². The van der Waals surface area contributed by atoms with E-state index in [0.717, 1.165) is 5.92 Å². The Morgan fingerprint density at radius 2 is 2.06 bits per heavy atom. The largest absolute Gasteiger partial charge is 0.317 e. The molecule has 0 radical (unpaired) electrons. The van der Waals surface area contributed by atoms with E-state index in [4.69, 9.17) is 0 Å². The summed E-state index contributed by atoms with van der Waals surface area (Å²) < 4.78 is 1.33. The fourth-order valence-corrected chi connectivity index (χ4v) is 4.47. The van der Waals surface area contributed by atoms with E-state index < -0.39 is 0 Å². The topological polar surface area (TPSA) is 12.0 Å². The lowest BCUT2D eigenvalue weighted by Gasteiger charge is -2.35. The van der Waals surface area contributed by atoms with Crippen molar-refractivity contribution in [3.05, 3.63) is 33.8 Å². The lowest BCUT2D eigenvalue weighted by molar-refractivity contribution is 0.296. The van der Waals surface area contributed by atoms with Crippen LogP contribution in [0.2, 0.25) is 0 Å². The molecule has 1 saturated heterocycles. The number of fused-ring (bicyclic) bond motifs is 2. The second kappa shape index (κ2) is 3.85. The maximum absolute atomic E-state index is 3.76. The number of hydrogen-bond acceptors (Lipinski definition) is 1. The molecule has 1 aromatic rings. The van der Waals surface area contributed by atoms with Crippen LogP contribution in [0.4, 0.5) is 0 Å². The van der Waals surface area contributed by atoms with Crippen LogP contribution < -0.4 is 5.32 Å². The molecular formula is C14H18BrN. The second-order valence-electron chi connectivity index (χ2n) is 5.34. The summed E-state index contributed by atoms with van der Waals surface area (Å²) in [5, 5.41) is 3.49. The smallest absolute Gasteiger partial charge is 0.0215 e. The highest BCUT2D eigenvalue weighted by Crippen LogP contribution is 2.52. The van der Waals surface area contributed by atoms with Crippen LogP contribution in [0.5, 0.6) is 0 Å². The fraction of sp³-hybridized carbons (Fsp3) is 0.571. The third kappa shape index (κ3) is 1.46. The highest BCUT2D eigenvalue weighted by Gasteiger charge is 2.43. The number of piperidine rings is 1. The molecule has 3 rings (SSSR count). The van der Waals surface area contributed by atoms with Gasteiger partial charge in [-0.25, -0.2) is 0 Å². The zero-order valence-electron chi connectivity index (χ0n) is 9.72. The molecule has 0 aromatic heterocycles. The molecule has 1 N–H and O–H groups in total. The zero-order chi connectivity index (χ0) is 11.2. The van der Waals surface area contributed by atoms with E-state index >= 15 is 0 Å². The quantitative estimate of drug-likeness (QED) is 0.766. The van der Waals surface area contributed by atoms with Gasteiger partial charge in [0, 0.05) is 4.47 Å². The standard InChI is InChI=1S/C14H18BrN/c1-10-9-14(5-7-16-8-6-14)13-11(10)3-2-4-12(13)15/h2-4,10,16H,5-9H2,1H3. The molecule has 1 unspecified atom stereocenters. The molecule has 1 fully saturated rings. The summed E-state index contributed by atoms with van der Waals surface area (Å²) in [7, 11) is 0. The van der Waals surface area contributed by atoms with Gasteiger partial charge in [0.25, 0.3) is 0 Å². The molecule has 1 heterocycles. The minimum Gasteiger partial charge on any atom is -0.317 e. The van der Waals surface area contributed by atoms with Gasteiger partial charge in [-0.05, 0) is 60.9 Å². The zero-order valence-corrected chi connectivity index (χ0v) is 11.3. The number of rotatable bonds is 0. The first kappa shape index (κ1) is 10.8. The van der Waals surface area contributed by atoms with Gasteiger partial charge in [0.2, 0.25) is 0 Å². The van der Waals surface area contributed by atoms with Crippen LogP contribution in [0, 0.1) is 0 Å². The van der Waals surface area contributed by atoms with Crippen molar-refractivity contribution in [1.82, 2.24) is 5.32 Å². The van der Waals surface area contributed by atoms with Crippen LogP contribution in [0.3, 0.4) is 0 Å². The third-order valence-corrected chi connectivity index (χ3v) is 5.03. The Morgan fingerprint density at radius 1 is 1.31 bits per heavy atom. The summed E-state index contributed by atoms with van der Waals surface area (Å²) in [5.74, 6) is 0.727. The van der Waals surface area contributed by atoms with Crippen molar-refractivity contribution in [2.45, 2.75) is 37.5 Å². The Balaban J connectivity index is 2.13. The third-order valence-electron chi connectivity index (χ3n) is 4.36. The van der Waals surface area contributed by atoms with Crippen LogP contribution in [-0.4, -0.2) is 13.1 Å². The van der Waals surface area contributed by atoms with E-state index in [1.165, 1.54) is 36.8 Å². The number of nitrogens with one attached hydrogen (secondary N) is 1. The van der Waals surface area contributed by atoms with Crippen molar-refractivity contribution in [2.75, 3.05) is 13.1 Å². The van der Waals surface area contributed by atoms with E-state index in [2.05, 4.69) is 46.4 Å². The van der Waals surface area contributed by atoms with E-state index in [-0.39, 0.29) is 0 Å². The maximum atomic E-state index is 3.76. The fourth-order valence-electron chi connectivity index (χ4n) is 3.67. The summed E-state index contributed by atoms with van der Waals surface area (Å²) in [6.45, 7) is 4.73. The van der Waals surface area contributed by atoms with Crippen molar-refractivity contribution in [1.29, 1.82) is 0 Å². The van der Waals surface area contributed by atoms with Crippen LogP contribution in [-0.2, 0) is 5.41 Å². The normalized spacial score (nSPS) is 27.0. The van der Waals surface area contributed by atoms with E-state index in [1.54, 1.807) is 11.1 Å². The van der Waals surface area contributed by atoms with Gasteiger partial charge in [0.1, 0.15) is 0 Å². The molecule has 2 aliphatic rings. The van der Waals surface area contributed by atoms with Gasteiger partial charge < -0.3 is 5.32 Å². The van der Waals surface area contributed by atoms with Gasteiger partial charge in [-0.15, -0.1) is 0 Å². The van der Waals surface area contributed by atoms with Crippen LogP contribution in [0.1, 0.15) is 43.2 Å². The Kier molecular flexibility index (Phi) is 2.60. The molecule has 1 nitrogen and oxygen atoms in total. The van der Waals surface area contributed by atoms with E-state index in [0.29, 0.717) is 5.41 Å². The molecule has 2 heteroatoms. The SMILES string of the molecule is CC1CC2(CCNCC2)c2c(Br)cccc21. The molecular weight excluding hydrogens is 262 g/mol. The van der Waals surface area contributed by atoms with Crippen molar-refractivity contribution >= 4 is 15.9 Å². The molecule has 0 bridgehead atoms. The molecule has 1 spiro atoms. The van der Waals surface area contributed by atoms with Gasteiger partial charge in [-0.3, -0.25) is 0 Å². The molecule has 1 aromatic carbocycles. The van der Waals surface area contributed by atoms with Gasteiger partial charge in [-0.2, -0.15) is 0 Å². The predicted octanol–water partition coefficient (Wildman–Crippen LogP) is 3.58.